The average Bonchev–Trinajstić information content (AvgIpc) is 3.68. The highest BCUT2D eigenvalue weighted by Crippen LogP contribution is 2.47. The highest BCUT2D eigenvalue weighted by Gasteiger charge is 2.56. The standard InChI is InChI=1S/C32H31F4N9/c1-18-19(12-37)6-5-7-23(18)28(25-16-45(44-43-25)32(8-9-32)29(33)34)42-22-10-20(13-38)26-24(11-22)27(21(14-39)15-40-26)41-17-30(2,3)31(4,35)36/h5-7,10-11,15-16,28-29,42-44H,8-9,17H2,1-4H3,(H,40,41)/t28-/m0/s1. The Labute approximate surface area is 258 Å². The summed E-state index contributed by atoms with van der Waals surface area (Å²) >= 11 is 0. The van der Waals surface area contributed by atoms with Gasteiger partial charge in [-0.1, -0.05) is 26.0 Å². The van der Waals surface area contributed by atoms with E-state index in [0.717, 1.165) is 6.92 Å². The summed E-state index contributed by atoms with van der Waals surface area (Å²) in [5, 5.41) is 37.7. The maximum atomic E-state index is 14.3. The van der Waals surface area contributed by atoms with Crippen molar-refractivity contribution in [1.82, 2.24) is 21.0 Å². The molecule has 1 saturated carbocycles. The normalized spacial score (nSPS) is 16.3. The minimum absolute atomic E-state index is 0.106. The topological polar surface area (TPSA) is 136 Å². The summed E-state index contributed by atoms with van der Waals surface area (Å²) in [5.74, 6) is -3.03. The molecule has 1 atom stereocenters. The third-order valence-corrected chi connectivity index (χ3v) is 8.77. The smallest absolute Gasteiger partial charge is 0.262 e. The zero-order valence-electron chi connectivity index (χ0n) is 25.1. The van der Waals surface area contributed by atoms with Gasteiger partial charge in [0.15, 0.2) is 0 Å². The number of fused-ring (bicyclic) bond motifs is 1. The fourth-order valence-corrected chi connectivity index (χ4v) is 5.20. The van der Waals surface area contributed by atoms with E-state index < -0.39 is 29.3 Å². The summed E-state index contributed by atoms with van der Waals surface area (Å²) in [5.41, 5.74) is 6.44. The lowest BCUT2D eigenvalue weighted by Gasteiger charge is -2.32. The summed E-state index contributed by atoms with van der Waals surface area (Å²) in [4.78, 5) is 4.32. The molecule has 13 heteroatoms. The number of hydrogen-bond donors (Lipinski definition) is 4. The first-order valence-electron chi connectivity index (χ1n) is 14.2. The maximum absolute atomic E-state index is 14.3. The minimum atomic E-state index is -3.03. The van der Waals surface area contributed by atoms with Crippen LogP contribution in [0.1, 0.15) is 67.5 Å². The van der Waals surface area contributed by atoms with Crippen LogP contribution in [0, 0.1) is 46.3 Å². The van der Waals surface area contributed by atoms with Gasteiger partial charge in [0.25, 0.3) is 12.3 Å². The Morgan fingerprint density at radius 1 is 1.04 bits per heavy atom. The monoisotopic (exact) mass is 617 g/mol. The van der Waals surface area contributed by atoms with Crippen LogP contribution in [0.2, 0.25) is 0 Å². The molecule has 5 rings (SSSR count). The number of hydrazine groups is 2. The molecular formula is C32H31F4N9. The second-order valence-electron chi connectivity index (χ2n) is 12.1. The predicted molar refractivity (Wildman–Crippen MR) is 160 cm³/mol. The second-order valence-corrected chi connectivity index (χ2v) is 12.1. The Hall–Kier alpha value is -5.06. The lowest BCUT2D eigenvalue weighted by molar-refractivity contribution is -0.0812. The summed E-state index contributed by atoms with van der Waals surface area (Å²) in [6, 6.07) is 14.0. The van der Waals surface area contributed by atoms with Crippen molar-refractivity contribution in [3.8, 4) is 18.2 Å². The number of nitrogens with one attached hydrogen (secondary N) is 4. The minimum Gasteiger partial charge on any atom is -0.383 e. The van der Waals surface area contributed by atoms with Crippen LogP contribution in [0.25, 0.3) is 10.9 Å². The van der Waals surface area contributed by atoms with Crippen LogP contribution in [0.5, 0.6) is 0 Å². The molecule has 9 nitrogen and oxygen atoms in total. The third-order valence-electron chi connectivity index (χ3n) is 8.77. The molecule has 0 radical (unpaired) electrons. The average molecular weight is 618 g/mol. The van der Waals surface area contributed by atoms with Crippen LogP contribution in [0.3, 0.4) is 0 Å². The molecule has 1 aliphatic heterocycles. The van der Waals surface area contributed by atoms with Gasteiger partial charge < -0.3 is 16.1 Å². The van der Waals surface area contributed by atoms with Crippen molar-refractivity contribution < 1.29 is 17.6 Å². The quantitative estimate of drug-likeness (QED) is 0.191. The Morgan fingerprint density at radius 3 is 2.33 bits per heavy atom. The number of halogens is 4. The van der Waals surface area contributed by atoms with E-state index in [4.69, 9.17) is 0 Å². The number of alkyl halides is 4. The van der Waals surface area contributed by atoms with E-state index >= 15 is 0 Å². The summed E-state index contributed by atoms with van der Waals surface area (Å²) < 4.78 is 56.5. The van der Waals surface area contributed by atoms with Gasteiger partial charge in [-0.25, -0.2) is 17.6 Å². The van der Waals surface area contributed by atoms with Gasteiger partial charge in [-0.3, -0.25) is 9.99 Å². The van der Waals surface area contributed by atoms with Crippen molar-refractivity contribution in [1.29, 1.82) is 15.8 Å². The highest BCUT2D eigenvalue weighted by molar-refractivity contribution is 5.99. The highest BCUT2D eigenvalue weighted by atomic mass is 19.3. The Kier molecular flexibility index (Phi) is 7.99. The van der Waals surface area contributed by atoms with Gasteiger partial charge >= 0.3 is 0 Å². The maximum Gasteiger partial charge on any atom is 0.262 e. The molecule has 2 aromatic carbocycles. The number of hydrogen-bond acceptors (Lipinski definition) is 9. The van der Waals surface area contributed by atoms with E-state index in [1.807, 2.05) is 6.07 Å². The van der Waals surface area contributed by atoms with Crippen molar-refractivity contribution in [2.75, 3.05) is 17.2 Å². The molecular weight excluding hydrogens is 586 g/mol. The second kappa shape index (κ2) is 11.5. The molecule has 0 saturated heterocycles. The van der Waals surface area contributed by atoms with Crippen LogP contribution >= 0.6 is 0 Å². The van der Waals surface area contributed by atoms with Crippen molar-refractivity contribution in [3.63, 3.8) is 0 Å². The van der Waals surface area contributed by atoms with E-state index in [0.29, 0.717) is 46.3 Å². The molecule has 0 amide bonds. The number of benzene rings is 2. The van der Waals surface area contributed by atoms with Crippen LogP contribution < -0.4 is 21.6 Å². The SMILES string of the molecule is Cc1c(C#N)cccc1[C@H](Nc1cc(C#N)c2ncc(C#N)c(NCC(C)(C)C(C)(F)F)c2c1)C1=CN(C2(C(F)F)CC2)NN1. The molecule has 3 aromatic rings. The van der Waals surface area contributed by atoms with Crippen LogP contribution in [0.4, 0.5) is 28.9 Å². The summed E-state index contributed by atoms with van der Waals surface area (Å²) in [6.07, 6.45) is 0.897. The molecule has 1 aromatic heterocycles. The van der Waals surface area contributed by atoms with Crippen LogP contribution in [-0.4, -0.2) is 34.4 Å². The molecule has 1 aliphatic carbocycles. The fourth-order valence-electron chi connectivity index (χ4n) is 5.20. The molecule has 0 bridgehead atoms. The molecule has 4 N–H and O–H groups in total. The number of nitriles is 3. The van der Waals surface area contributed by atoms with E-state index in [1.165, 1.54) is 25.1 Å². The third kappa shape index (κ3) is 5.65. The number of anilines is 2. The molecule has 0 unspecified atom stereocenters. The van der Waals surface area contributed by atoms with E-state index in [9.17, 15) is 33.3 Å². The molecule has 1 fully saturated rings. The van der Waals surface area contributed by atoms with Gasteiger partial charge in [0.1, 0.15) is 17.7 Å². The molecule has 232 valence electrons. The number of aromatic nitrogens is 1. The van der Waals surface area contributed by atoms with E-state index in [2.05, 4.69) is 38.7 Å². The van der Waals surface area contributed by atoms with Crippen molar-refractivity contribution >= 4 is 22.3 Å². The van der Waals surface area contributed by atoms with E-state index in [1.54, 1.807) is 43.5 Å². The number of pyridine rings is 1. The first-order chi connectivity index (χ1) is 21.3. The molecule has 2 heterocycles. The first kappa shape index (κ1) is 31.4. The largest absolute Gasteiger partial charge is 0.383 e. The van der Waals surface area contributed by atoms with Gasteiger partial charge in [-0.15, -0.1) is 5.53 Å². The lowest BCUT2D eigenvalue weighted by atomic mass is 9.86. The van der Waals surface area contributed by atoms with Crippen molar-refractivity contribution in [2.45, 2.75) is 64.5 Å². The molecule has 45 heavy (non-hydrogen) atoms. The molecule has 2 aliphatic rings. The zero-order valence-corrected chi connectivity index (χ0v) is 25.1. The van der Waals surface area contributed by atoms with E-state index in [-0.39, 0.29) is 28.9 Å². The predicted octanol–water partition coefficient (Wildman–Crippen LogP) is 6.37. The lowest BCUT2D eigenvalue weighted by Crippen LogP contribution is -2.48. The van der Waals surface area contributed by atoms with Gasteiger partial charge in [0, 0.05) is 35.4 Å². The summed E-state index contributed by atoms with van der Waals surface area (Å²) in [6.45, 7) is 5.24. The fraction of sp³-hybridized carbons (Fsp3) is 0.375. The number of nitrogens with zero attached hydrogens (tertiary/aromatic N) is 5. The van der Waals surface area contributed by atoms with Gasteiger partial charge in [-0.05, 0) is 56.0 Å². The van der Waals surface area contributed by atoms with Crippen molar-refractivity contribution in [3.05, 3.63) is 76.2 Å². The molecule has 0 spiro atoms. The zero-order chi connectivity index (χ0) is 32.7. The van der Waals surface area contributed by atoms with Crippen LogP contribution in [0.15, 0.2) is 48.4 Å². The Bertz CT molecular complexity index is 1800. The van der Waals surface area contributed by atoms with Gasteiger partial charge in [0.2, 0.25) is 0 Å². The summed E-state index contributed by atoms with van der Waals surface area (Å²) in [7, 11) is 0. The van der Waals surface area contributed by atoms with Gasteiger partial charge in [-0.2, -0.15) is 15.8 Å². The number of rotatable bonds is 10. The Balaban J connectivity index is 1.62. The van der Waals surface area contributed by atoms with Crippen LogP contribution in [-0.2, 0) is 0 Å². The first-order valence-corrected chi connectivity index (χ1v) is 14.2. The van der Waals surface area contributed by atoms with Gasteiger partial charge in [0.05, 0.1) is 45.7 Å². The Morgan fingerprint density at radius 2 is 1.73 bits per heavy atom. The van der Waals surface area contributed by atoms with Crippen molar-refractivity contribution in [2.24, 2.45) is 5.41 Å².